The van der Waals surface area contributed by atoms with Gasteiger partial charge in [-0.3, -0.25) is 0 Å². The van der Waals surface area contributed by atoms with Crippen molar-refractivity contribution >= 4 is 10.0 Å². The Bertz CT molecular complexity index is 546. The van der Waals surface area contributed by atoms with Gasteiger partial charge in [-0.15, -0.1) is 0 Å². The smallest absolute Gasteiger partial charge is 0.228 e. The third kappa shape index (κ3) is 3.94. The summed E-state index contributed by atoms with van der Waals surface area (Å²) in [4.78, 5) is 0. The Balaban J connectivity index is 2.84. The lowest BCUT2D eigenvalue weighted by Crippen LogP contribution is -2.34. The van der Waals surface area contributed by atoms with Crippen LogP contribution in [0.15, 0.2) is 24.3 Å². The molecule has 0 bridgehead atoms. The molecule has 1 rings (SSSR count). The van der Waals surface area contributed by atoms with Crippen LogP contribution in [0.1, 0.15) is 31.9 Å². The van der Waals surface area contributed by atoms with Gasteiger partial charge in [-0.2, -0.15) is 5.26 Å². The van der Waals surface area contributed by atoms with Crippen LogP contribution in [0.25, 0.3) is 0 Å². The summed E-state index contributed by atoms with van der Waals surface area (Å²) >= 11 is 0. The molecule has 0 saturated heterocycles. The Morgan fingerprint density at radius 2 is 1.95 bits per heavy atom. The van der Waals surface area contributed by atoms with Crippen LogP contribution in [0.5, 0.6) is 5.75 Å². The lowest BCUT2D eigenvalue weighted by molar-refractivity contribution is 0.414. The van der Waals surface area contributed by atoms with E-state index >= 15 is 0 Å². The zero-order chi connectivity index (χ0) is 14.5. The molecule has 19 heavy (non-hydrogen) atoms. The van der Waals surface area contributed by atoms with E-state index in [0.717, 1.165) is 5.56 Å². The van der Waals surface area contributed by atoms with Gasteiger partial charge in [0, 0.05) is 6.04 Å². The molecule has 6 heteroatoms. The number of nitriles is 1. The van der Waals surface area contributed by atoms with Crippen molar-refractivity contribution in [2.75, 3.05) is 7.11 Å². The molecule has 2 atom stereocenters. The van der Waals surface area contributed by atoms with Gasteiger partial charge in [0.1, 0.15) is 5.75 Å². The van der Waals surface area contributed by atoms with Crippen LogP contribution >= 0.6 is 0 Å². The molecule has 104 valence electrons. The van der Waals surface area contributed by atoms with Gasteiger partial charge < -0.3 is 4.74 Å². The minimum absolute atomic E-state index is 0.265. The monoisotopic (exact) mass is 282 g/mol. The first kappa shape index (κ1) is 15.5. The van der Waals surface area contributed by atoms with Crippen LogP contribution in [0, 0.1) is 11.3 Å². The molecule has 1 aromatic carbocycles. The van der Waals surface area contributed by atoms with E-state index in [9.17, 15) is 8.42 Å². The second-order valence-electron chi connectivity index (χ2n) is 4.18. The van der Waals surface area contributed by atoms with E-state index in [1.54, 1.807) is 51.3 Å². The molecule has 0 aliphatic heterocycles. The molecular weight excluding hydrogens is 264 g/mol. The number of nitrogens with zero attached hydrogens (tertiary/aromatic N) is 1. The molecule has 0 fully saturated rings. The predicted molar refractivity (Wildman–Crippen MR) is 73.2 cm³/mol. The number of sulfonamides is 1. The summed E-state index contributed by atoms with van der Waals surface area (Å²) in [5.41, 5.74) is 0.817. The highest BCUT2D eigenvalue weighted by atomic mass is 32.2. The predicted octanol–water partition coefficient (Wildman–Crippen LogP) is 1.98. The van der Waals surface area contributed by atoms with Crippen molar-refractivity contribution in [1.82, 2.24) is 4.72 Å². The first-order valence-electron chi connectivity index (χ1n) is 5.99. The number of nitrogens with one attached hydrogen (secondary N) is 1. The normalized spacial score (nSPS) is 14.4. The fourth-order valence-electron chi connectivity index (χ4n) is 1.67. The molecule has 1 aromatic rings. The average molecular weight is 282 g/mol. The van der Waals surface area contributed by atoms with Crippen molar-refractivity contribution in [3.8, 4) is 11.8 Å². The lowest BCUT2D eigenvalue weighted by atomic mass is 10.1. The quantitative estimate of drug-likeness (QED) is 0.865. The minimum Gasteiger partial charge on any atom is -0.497 e. The van der Waals surface area contributed by atoms with Gasteiger partial charge in [-0.25, -0.2) is 13.1 Å². The van der Waals surface area contributed by atoms with Gasteiger partial charge >= 0.3 is 0 Å². The Morgan fingerprint density at radius 1 is 1.37 bits per heavy atom. The van der Waals surface area contributed by atoms with Crippen molar-refractivity contribution in [3.05, 3.63) is 29.8 Å². The third-order valence-corrected chi connectivity index (χ3v) is 4.72. The second-order valence-corrected chi connectivity index (χ2v) is 6.08. The number of ether oxygens (including phenoxy) is 1. The zero-order valence-corrected chi connectivity index (χ0v) is 12.1. The molecule has 0 radical (unpaired) electrons. The molecular formula is C13H18N2O3S. The standard InChI is InChI=1S/C13H18N2O3S/c1-4-13(9-14)19(16,17)15-10(2)11-5-7-12(18-3)8-6-11/h5-8,10,13,15H,4H2,1-3H3. The fraction of sp³-hybridized carbons (Fsp3) is 0.462. The molecule has 0 aliphatic carbocycles. The summed E-state index contributed by atoms with van der Waals surface area (Å²) in [6.45, 7) is 3.41. The lowest BCUT2D eigenvalue weighted by Gasteiger charge is -2.17. The van der Waals surface area contributed by atoms with Gasteiger partial charge in [-0.1, -0.05) is 19.1 Å². The molecule has 5 nitrogen and oxygen atoms in total. The first-order valence-corrected chi connectivity index (χ1v) is 7.54. The van der Waals surface area contributed by atoms with Gasteiger partial charge in [0.25, 0.3) is 0 Å². The Labute approximate surface area is 114 Å². The Morgan fingerprint density at radius 3 is 2.37 bits per heavy atom. The van der Waals surface area contributed by atoms with Gasteiger partial charge in [-0.05, 0) is 31.0 Å². The van der Waals surface area contributed by atoms with Crippen LogP contribution < -0.4 is 9.46 Å². The summed E-state index contributed by atoms with van der Waals surface area (Å²) < 4.78 is 31.4. The van der Waals surface area contributed by atoms with Crippen molar-refractivity contribution in [2.45, 2.75) is 31.6 Å². The Kier molecular flexibility index (Phi) is 5.33. The number of hydrogen-bond donors (Lipinski definition) is 1. The average Bonchev–Trinajstić information content (AvgIpc) is 2.39. The maximum atomic E-state index is 11.9. The Hall–Kier alpha value is -1.58. The fourth-order valence-corrected chi connectivity index (χ4v) is 3.04. The minimum atomic E-state index is -3.63. The van der Waals surface area contributed by atoms with Crippen LogP contribution in [0.4, 0.5) is 0 Å². The molecule has 1 N–H and O–H groups in total. The van der Waals surface area contributed by atoms with Gasteiger partial charge in [0.2, 0.25) is 10.0 Å². The zero-order valence-electron chi connectivity index (χ0n) is 11.3. The summed E-state index contributed by atoms with van der Waals surface area (Å²) in [7, 11) is -2.06. The summed E-state index contributed by atoms with van der Waals surface area (Å²) in [5, 5.41) is 7.81. The number of hydrogen-bond acceptors (Lipinski definition) is 4. The van der Waals surface area contributed by atoms with E-state index in [1.165, 1.54) is 0 Å². The SMILES string of the molecule is CCC(C#N)S(=O)(=O)NC(C)c1ccc(OC)cc1. The summed E-state index contributed by atoms with van der Waals surface area (Å²) in [6.07, 6.45) is 0.265. The molecule has 0 aliphatic rings. The largest absolute Gasteiger partial charge is 0.497 e. The van der Waals surface area contributed by atoms with E-state index in [2.05, 4.69) is 4.72 Å². The molecule has 0 aromatic heterocycles. The van der Waals surface area contributed by atoms with Gasteiger partial charge in [0.15, 0.2) is 5.25 Å². The third-order valence-electron chi connectivity index (χ3n) is 2.85. The van der Waals surface area contributed by atoms with E-state index in [0.29, 0.717) is 5.75 Å². The van der Waals surface area contributed by atoms with Crippen molar-refractivity contribution in [1.29, 1.82) is 5.26 Å². The number of methoxy groups -OCH3 is 1. The highest BCUT2D eigenvalue weighted by Gasteiger charge is 2.25. The number of benzene rings is 1. The highest BCUT2D eigenvalue weighted by molar-refractivity contribution is 7.90. The van der Waals surface area contributed by atoms with Crippen molar-refractivity contribution in [3.63, 3.8) is 0 Å². The maximum Gasteiger partial charge on any atom is 0.228 e. The number of rotatable bonds is 6. The molecule has 2 unspecified atom stereocenters. The summed E-state index contributed by atoms with van der Waals surface area (Å²) in [5.74, 6) is 0.710. The maximum absolute atomic E-state index is 11.9. The summed E-state index contributed by atoms with van der Waals surface area (Å²) in [6, 6.07) is 8.52. The molecule has 0 heterocycles. The van der Waals surface area contributed by atoms with E-state index in [-0.39, 0.29) is 6.42 Å². The van der Waals surface area contributed by atoms with Gasteiger partial charge in [0.05, 0.1) is 13.2 Å². The van der Waals surface area contributed by atoms with Crippen LogP contribution in [0.2, 0.25) is 0 Å². The first-order chi connectivity index (χ1) is 8.94. The molecule has 0 saturated carbocycles. The van der Waals surface area contributed by atoms with Crippen molar-refractivity contribution < 1.29 is 13.2 Å². The van der Waals surface area contributed by atoms with Crippen LogP contribution in [-0.4, -0.2) is 20.8 Å². The second kappa shape index (κ2) is 6.55. The topological polar surface area (TPSA) is 79.2 Å². The molecule has 0 spiro atoms. The molecule has 0 amide bonds. The highest BCUT2D eigenvalue weighted by Crippen LogP contribution is 2.19. The van der Waals surface area contributed by atoms with E-state index < -0.39 is 21.3 Å². The van der Waals surface area contributed by atoms with Crippen molar-refractivity contribution in [2.24, 2.45) is 0 Å². The van der Waals surface area contributed by atoms with Crippen LogP contribution in [-0.2, 0) is 10.0 Å². The van der Waals surface area contributed by atoms with E-state index in [4.69, 9.17) is 10.00 Å². The van der Waals surface area contributed by atoms with Crippen LogP contribution in [0.3, 0.4) is 0 Å². The van der Waals surface area contributed by atoms with E-state index in [1.807, 2.05) is 0 Å².